The molecule has 0 bridgehead atoms. The van der Waals surface area contributed by atoms with E-state index in [-0.39, 0.29) is 39.7 Å². The zero-order valence-corrected chi connectivity index (χ0v) is 37.9. The topological polar surface area (TPSA) is 221 Å². The SMILES string of the molecule is CC(=O)O[C@H]1C(=O)[C@@]2(C)[C@H]([C@H](OC(=O)c3ccccc3)[C@](O)(CI)C(C)(C)/C1=C(/C)COC(=O)[C@H](O)[C@@H](NC(=O)c1ccccc1)c1ccccc1)[C@]1(OC(C)=O)CO[C@@H]1C[C@@H]2O. The molecule has 6 rings (SSSR count). The van der Waals surface area contributed by atoms with Gasteiger partial charge in [0.25, 0.3) is 5.91 Å². The third-order valence-corrected chi connectivity index (χ3v) is 14.1. The van der Waals surface area contributed by atoms with Gasteiger partial charge in [-0.25, -0.2) is 9.59 Å². The quantitative estimate of drug-likeness (QED) is 0.0650. The van der Waals surface area contributed by atoms with Crippen molar-refractivity contribution in [1.29, 1.82) is 0 Å². The summed E-state index contributed by atoms with van der Waals surface area (Å²) in [4.78, 5) is 82.8. The summed E-state index contributed by atoms with van der Waals surface area (Å²) in [6.07, 6.45) is -8.31. The number of aliphatic hydroxyl groups excluding tert-OH is 2. The third kappa shape index (κ3) is 8.67. The molecule has 1 amide bonds. The van der Waals surface area contributed by atoms with Crippen LogP contribution in [0.25, 0.3) is 0 Å². The Kier molecular flexibility index (Phi) is 14.0. The zero-order chi connectivity index (χ0) is 46.1. The number of hydrogen-bond donors (Lipinski definition) is 4. The van der Waals surface area contributed by atoms with E-state index >= 15 is 4.79 Å². The first kappa shape index (κ1) is 47.5. The van der Waals surface area contributed by atoms with Crippen LogP contribution in [0.5, 0.6) is 0 Å². The van der Waals surface area contributed by atoms with E-state index in [2.05, 4.69) is 5.32 Å². The average Bonchev–Trinajstić information content (AvgIpc) is 3.26. The van der Waals surface area contributed by atoms with Gasteiger partial charge in [0.2, 0.25) is 0 Å². The smallest absolute Gasteiger partial charge is 0.338 e. The number of halogens is 1. The number of alkyl halides is 1. The van der Waals surface area contributed by atoms with Crippen LogP contribution in [0.1, 0.15) is 80.3 Å². The molecular weight excluding hydrogens is 929 g/mol. The fraction of sp³-hybridized carbons (Fsp3) is 0.447. The molecule has 0 unspecified atom stereocenters. The van der Waals surface area contributed by atoms with E-state index in [1.54, 1.807) is 92.7 Å². The molecule has 2 saturated carbocycles. The summed E-state index contributed by atoms with van der Waals surface area (Å²) in [7, 11) is 0. The molecule has 10 atom stereocenters. The van der Waals surface area contributed by atoms with Gasteiger partial charge in [0.15, 0.2) is 23.6 Å². The van der Waals surface area contributed by atoms with Crippen LogP contribution < -0.4 is 5.32 Å². The van der Waals surface area contributed by atoms with Crippen LogP contribution in [-0.2, 0) is 42.9 Å². The van der Waals surface area contributed by atoms with Crippen LogP contribution in [-0.4, -0.2) is 110 Å². The van der Waals surface area contributed by atoms with Gasteiger partial charge in [-0.05, 0) is 54.8 Å². The molecule has 3 aromatic rings. The van der Waals surface area contributed by atoms with E-state index in [9.17, 15) is 39.3 Å². The zero-order valence-electron chi connectivity index (χ0n) is 35.7. The molecule has 3 aromatic carbocycles. The summed E-state index contributed by atoms with van der Waals surface area (Å²) in [5, 5.41) is 39.8. The Hall–Kier alpha value is -5.01. The number of nitrogens with one attached hydrogen (secondary N) is 1. The summed E-state index contributed by atoms with van der Waals surface area (Å²) in [6, 6.07) is 23.2. The highest BCUT2D eigenvalue weighted by molar-refractivity contribution is 14.1. The second-order valence-corrected chi connectivity index (χ2v) is 17.8. The first-order valence-electron chi connectivity index (χ1n) is 20.4. The number of rotatable bonds is 12. The van der Waals surface area contributed by atoms with E-state index < -0.39 is 107 Å². The van der Waals surface area contributed by atoms with Crippen molar-refractivity contribution in [1.82, 2.24) is 5.32 Å². The standard InChI is InChI=1S/C47H52INO14/c1-26(23-59-43(57)36(53)35(29-16-10-7-11-17-29)49-41(55)30-18-12-8-13-19-30)34-37(61-27(2)50)39(54)45(6)32(52)22-33-46(25-60-33,63-28(3)51)38(45)40(47(58,24-48)44(34,4)5)62-42(56)31-20-14-9-15-21-31/h7-21,32-33,35-38,40,52-53,58H,22-25H2,1-6H3,(H,49,55)/b34-26-/t32-,33+,35-,36+,37+,38-,40-,45+,46-,47+/m0/s1. The van der Waals surface area contributed by atoms with Gasteiger partial charge in [-0.15, -0.1) is 0 Å². The lowest BCUT2D eigenvalue weighted by Crippen LogP contribution is -2.81. The molecular formula is C47H52INO14. The van der Waals surface area contributed by atoms with E-state index in [0.29, 0.717) is 5.56 Å². The first-order chi connectivity index (χ1) is 29.7. The van der Waals surface area contributed by atoms with Crippen LogP contribution in [0.3, 0.4) is 0 Å². The normalized spacial score (nSPS) is 30.3. The highest BCUT2D eigenvalue weighted by Crippen LogP contribution is 2.62. The lowest BCUT2D eigenvalue weighted by atomic mass is 9.46. The van der Waals surface area contributed by atoms with Crippen molar-refractivity contribution in [3.8, 4) is 0 Å². The van der Waals surface area contributed by atoms with Gasteiger partial charge in [-0.1, -0.05) is 103 Å². The molecule has 1 aliphatic heterocycles. The number of amides is 1. The van der Waals surface area contributed by atoms with Crippen molar-refractivity contribution in [3.63, 3.8) is 0 Å². The van der Waals surface area contributed by atoms with Gasteiger partial charge < -0.3 is 44.3 Å². The fourth-order valence-electron chi connectivity index (χ4n) is 9.51. The van der Waals surface area contributed by atoms with Crippen molar-refractivity contribution >= 4 is 58.2 Å². The maximum atomic E-state index is 15.6. The van der Waals surface area contributed by atoms with Crippen molar-refractivity contribution in [2.75, 3.05) is 17.6 Å². The van der Waals surface area contributed by atoms with E-state index in [0.717, 1.165) is 6.92 Å². The summed E-state index contributed by atoms with van der Waals surface area (Å²) in [6.45, 7) is 7.32. The van der Waals surface area contributed by atoms with Gasteiger partial charge in [-0.2, -0.15) is 0 Å². The monoisotopic (exact) mass is 981 g/mol. The molecule has 1 saturated heterocycles. The molecule has 15 nitrogen and oxygen atoms in total. The number of esters is 4. The van der Waals surface area contributed by atoms with Crippen LogP contribution in [0.4, 0.5) is 0 Å². The minimum absolute atomic E-state index is 0.0395. The fourth-order valence-corrected chi connectivity index (χ4v) is 10.9. The first-order valence-corrected chi connectivity index (χ1v) is 22.0. The number of hydrogen-bond acceptors (Lipinski definition) is 14. The maximum Gasteiger partial charge on any atom is 0.338 e. The molecule has 0 spiro atoms. The Balaban J connectivity index is 1.47. The molecule has 336 valence electrons. The summed E-state index contributed by atoms with van der Waals surface area (Å²) in [5.74, 6) is -6.64. The molecule has 3 aliphatic rings. The van der Waals surface area contributed by atoms with Crippen molar-refractivity contribution in [2.45, 2.75) is 95.7 Å². The number of ketones is 1. The van der Waals surface area contributed by atoms with Crippen molar-refractivity contribution < 1.29 is 67.8 Å². The Morgan fingerprint density at radius 1 is 0.857 bits per heavy atom. The third-order valence-electron chi connectivity index (χ3n) is 12.9. The summed E-state index contributed by atoms with van der Waals surface area (Å²) in [5.41, 5.74) is -6.93. The Morgan fingerprint density at radius 2 is 1.43 bits per heavy atom. The van der Waals surface area contributed by atoms with E-state index in [1.165, 1.54) is 32.9 Å². The van der Waals surface area contributed by atoms with Gasteiger partial charge in [0.1, 0.15) is 24.4 Å². The molecule has 3 fully saturated rings. The van der Waals surface area contributed by atoms with Crippen LogP contribution in [0, 0.1) is 16.7 Å². The van der Waals surface area contributed by atoms with Gasteiger partial charge in [0, 0.05) is 35.7 Å². The second-order valence-electron chi connectivity index (χ2n) is 17.1. The molecule has 2 aliphatic carbocycles. The van der Waals surface area contributed by atoms with Crippen molar-refractivity contribution in [2.24, 2.45) is 16.7 Å². The van der Waals surface area contributed by atoms with Crippen LogP contribution >= 0.6 is 22.6 Å². The number of carbonyl (C=O) groups is 6. The lowest BCUT2D eigenvalue weighted by molar-refractivity contribution is -0.342. The average molecular weight is 982 g/mol. The largest absolute Gasteiger partial charge is 0.459 e. The van der Waals surface area contributed by atoms with Crippen molar-refractivity contribution in [3.05, 3.63) is 119 Å². The highest BCUT2D eigenvalue weighted by Gasteiger charge is 2.77. The van der Waals surface area contributed by atoms with E-state index in [4.69, 9.17) is 23.7 Å². The molecule has 16 heteroatoms. The molecule has 0 aromatic heterocycles. The van der Waals surface area contributed by atoms with Crippen LogP contribution in [0.2, 0.25) is 0 Å². The Morgan fingerprint density at radius 3 is 1.95 bits per heavy atom. The molecule has 1 heterocycles. The second kappa shape index (κ2) is 18.6. The Labute approximate surface area is 378 Å². The van der Waals surface area contributed by atoms with Gasteiger partial charge in [-0.3, -0.25) is 19.2 Å². The number of ether oxygens (including phenoxy) is 5. The predicted molar refractivity (Wildman–Crippen MR) is 233 cm³/mol. The van der Waals surface area contributed by atoms with Gasteiger partial charge >= 0.3 is 23.9 Å². The minimum atomic E-state index is -2.24. The number of benzene rings is 3. The summed E-state index contributed by atoms with van der Waals surface area (Å²) < 4.78 is 29.6. The molecule has 63 heavy (non-hydrogen) atoms. The molecule has 0 radical (unpaired) electrons. The number of fused-ring (bicyclic) bond motifs is 3. The number of Topliss-reactive ketones (excluding diaryl/α,β-unsaturated/α-hetero) is 1. The minimum Gasteiger partial charge on any atom is -0.459 e. The van der Waals surface area contributed by atoms with Gasteiger partial charge in [0.05, 0.1) is 35.6 Å². The predicted octanol–water partition coefficient (Wildman–Crippen LogP) is 4.40. The molecule has 4 N–H and O–H groups in total. The lowest BCUT2D eigenvalue weighted by Gasteiger charge is -2.66. The summed E-state index contributed by atoms with van der Waals surface area (Å²) >= 11 is 1.92. The maximum absolute atomic E-state index is 15.6. The number of aliphatic hydroxyl groups is 3. The highest BCUT2D eigenvalue weighted by atomic mass is 127. The van der Waals surface area contributed by atoms with Crippen LogP contribution in [0.15, 0.2) is 102 Å². The number of carbonyl (C=O) groups excluding carboxylic acids is 6. The van der Waals surface area contributed by atoms with E-state index in [1.807, 2.05) is 22.6 Å². The Bertz CT molecular complexity index is 2250.